The van der Waals surface area contributed by atoms with E-state index in [1.165, 1.54) is 75.7 Å². The van der Waals surface area contributed by atoms with Crippen LogP contribution in [-0.2, 0) is 57.5 Å². The van der Waals surface area contributed by atoms with Crippen molar-refractivity contribution in [2.24, 2.45) is 41.4 Å². The standard InChI is InChI=1S/C66H122N12O13/c1-24-48(71-61(86)52(73(18)55(81)35-43(10)11)36-45(14)29-27-25-26-28-30-68-47(16)80)63(88)78(23)54(38-79)65(90)76(21)51(33-41(6)7)62(87)72-57(44(12)13)66(91)77(22)50(32-40(4)5)60(85)70-46(15)58(83)69-37-56(82)74(19)53(34-42(8)9)64(89)75(20)49(31-39(2)3)59(84)67-17/h39-46,48-54,57,79H,24-38H2,1-23H3,(H,67,84)(H,68,80)(H,69,83)(H,70,85)(H,71,86)(H,72,87)/t45-,46-,48+,49+,50+,51+,52?,53+,54-,57+/m1/s1. The number of hydrogen-bond donors (Lipinski definition) is 7. The predicted octanol–water partition coefficient (Wildman–Crippen LogP) is 3.69. The van der Waals surface area contributed by atoms with Gasteiger partial charge in [0, 0.05) is 69.2 Å². The van der Waals surface area contributed by atoms with Crippen LogP contribution in [0.3, 0.4) is 0 Å². The minimum atomic E-state index is -1.51. The number of aliphatic hydroxyl groups is 1. The molecule has 7 N–H and O–H groups in total. The molecule has 0 aromatic rings. The maximum absolute atomic E-state index is 14.6. The van der Waals surface area contributed by atoms with Crippen LogP contribution in [0.15, 0.2) is 0 Å². The molecule has 0 spiro atoms. The number of nitrogens with zero attached hydrogens (tertiary/aromatic N) is 6. The summed E-state index contributed by atoms with van der Waals surface area (Å²) in [4.78, 5) is 173. The molecule has 0 bridgehead atoms. The van der Waals surface area contributed by atoms with Gasteiger partial charge in [-0.3, -0.25) is 57.5 Å². The average Bonchev–Trinajstić information content (AvgIpc) is 1.67. The second kappa shape index (κ2) is 42.0. The van der Waals surface area contributed by atoms with E-state index < -0.39 is 127 Å². The van der Waals surface area contributed by atoms with Crippen LogP contribution in [0.5, 0.6) is 0 Å². The number of aliphatic hydroxyl groups excluding tert-OH is 1. The molecule has 25 nitrogen and oxygen atoms in total. The molecule has 0 aliphatic heterocycles. The Morgan fingerprint density at radius 1 is 0.418 bits per heavy atom. The summed E-state index contributed by atoms with van der Waals surface area (Å²) in [5, 5.41) is 27.1. The highest BCUT2D eigenvalue weighted by molar-refractivity contribution is 5.98. The van der Waals surface area contributed by atoms with Gasteiger partial charge in [0.1, 0.15) is 54.4 Å². The van der Waals surface area contributed by atoms with Crippen molar-refractivity contribution < 1.29 is 62.6 Å². The van der Waals surface area contributed by atoms with Crippen molar-refractivity contribution in [3.05, 3.63) is 0 Å². The van der Waals surface area contributed by atoms with Crippen LogP contribution < -0.4 is 31.9 Å². The molecule has 0 aliphatic carbocycles. The zero-order chi connectivity index (χ0) is 70.5. The number of amides is 12. The number of rotatable bonds is 42. The molecule has 1 unspecified atom stereocenters. The zero-order valence-electron chi connectivity index (χ0n) is 59.9. The van der Waals surface area contributed by atoms with Crippen molar-refractivity contribution in [1.82, 2.24) is 61.3 Å². The Kier molecular flexibility index (Phi) is 39.0. The van der Waals surface area contributed by atoms with Gasteiger partial charge in [-0.05, 0) is 93.3 Å². The van der Waals surface area contributed by atoms with Gasteiger partial charge in [0.2, 0.25) is 70.9 Å². The van der Waals surface area contributed by atoms with E-state index in [9.17, 15) is 62.6 Å². The number of nitrogens with one attached hydrogen (secondary N) is 6. The Labute approximate surface area is 545 Å². The maximum atomic E-state index is 14.6. The topological polar surface area (TPSA) is 317 Å². The minimum Gasteiger partial charge on any atom is -0.394 e. The smallest absolute Gasteiger partial charge is 0.248 e. The van der Waals surface area contributed by atoms with Gasteiger partial charge in [-0.2, -0.15) is 0 Å². The van der Waals surface area contributed by atoms with Crippen molar-refractivity contribution in [2.45, 2.75) is 242 Å². The number of carbonyl (C=O) groups excluding carboxylic acids is 12. The molecule has 0 saturated heterocycles. The van der Waals surface area contributed by atoms with Crippen LogP contribution in [0, 0.1) is 41.4 Å². The summed E-state index contributed by atoms with van der Waals surface area (Å²) in [7, 11) is 10.2. The third-order valence-corrected chi connectivity index (χ3v) is 16.6. The summed E-state index contributed by atoms with van der Waals surface area (Å²) in [6.07, 6.45) is 5.91. The minimum absolute atomic E-state index is 0.0197. The fourth-order valence-corrected chi connectivity index (χ4v) is 10.8. The third-order valence-electron chi connectivity index (χ3n) is 16.6. The van der Waals surface area contributed by atoms with E-state index in [0.717, 1.165) is 41.9 Å². The molecule has 25 heteroatoms. The maximum Gasteiger partial charge on any atom is 0.248 e. The normalized spacial score (nSPS) is 14.8. The lowest BCUT2D eigenvalue weighted by molar-refractivity contribution is -0.151. The molecule has 0 aliphatic rings. The Hall–Kier alpha value is -6.40. The van der Waals surface area contributed by atoms with E-state index in [0.29, 0.717) is 19.4 Å². The lowest BCUT2D eigenvalue weighted by Gasteiger charge is -2.37. The molecule has 0 fully saturated rings. The van der Waals surface area contributed by atoms with Gasteiger partial charge in [-0.25, -0.2) is 0 Å². The van der Waals surface area contributed by atoms with E-state index in [1.54, 1.807) is 27.8 Å². The van der Waals surface area contributed by atoms with E-state index in [4.69, 9.17) is 0 Å². The molecule has 91 heavy (non-hydrogen) atoms. The second-order valence-electron chi connectivity index (χ2n) is 27.5. The largest absolute Gasteiger partial charge is 0.394 e. The van der Waals surface area contributed by atoms with Crippen molar-refractivity contribution in [3.8, 4) is 0 Å². The highest BCUT2D eigenvalue weighted by Crippen LogP contribution is 2.23. The molecule has 0 saturated carbocycles. The van der Waals surface area contributed by atoms with Crippen LogP contribution in [0.1, 0.15) is 188 Å². The molecule has 524 valence electrons. The van der Waals surface area contributed by atoms with Crippen molar-refractivity contribution >= 4 is 70.9 Å². The SMILES string of the molecule is CC[C@H](NC(=O)C(C[C@H](C)CCCCCCNC(C)=O)N(C)C(=O)CC(C)C)C(=O)N(C)[C@H](CO)C(=O)N(C)[C@@H](CC(C)C)C(=O)N[C@H](C(=O)N(C)[C@@H](CC(C)C)C(=O)N[C@H](C)C(=O)NCC(=O)N(C)[C@@H](CC(C)C)C(=O)N(C)[C@@H](CC(C)C)C(=O)NC)C(C)C. The molecule has 0 radical (unpaired) electrons. The van der Waals surface area contributed by atoms with Gasteiger partial charge in [0.05, 0.1) is 13.2 Å². The summed E-state index contributed by atoms with van der Waals surface area (Å²) < 4.78 is 0. The lowest BCUT2D eigenvalue weighted by Crippen LogP contribution is -2.62. The van der Waals surface area contributed by atoms with Crippen molar-refractivity contribution in [3.63, 3.8) is 0 Å². The Morgan fingerprint density at radius 3 is 1.29 bits per heavy atom. The summed E-state index contributed by atoms with van der Waals surface area (Å²) in [6.45, 7) is 28.1. The molecule has 0 aromatic carbocycles. The van der Waals surface area contributed by atoms with Crippen LogP contribution >= 0.6 is 0 Å². The zero-order valence-corrected chi connectivity index (χ0v) is 59.9. The first kappa shape index (κ1) is 84.6. The molecular weight excluding hydrogens is 1170 g/mol. The first-order valence-corrected chi connectivity index (χ1v) is 33.1. The van der Waals surface area contributed by atoms with Crippen LogP contribution in [-0.4, -0.2) is 229 Å². The van der Waals surface area contributed by atoms with E-state index >= 15 is 0 Å². The Balaban J connectivity index is 6.56. The van der Waals surface area contributed by atoms with Crippen LogP contribution in [0.4, 0.5) is 0 Å². The Bertz CT molecular complexity index is 2370. The van der Waals surface area contributed by atoms with Gasteiger partial charge in [0.25, 0.3) is 0 Å². The number of carbonyl (C=O) groups is 12. The van der Waals surface area contributed by atoms with Gasteiger partial charge < -0.3 is 66.4 Å². The highest BCUT2D eigenvalue weighted by Gasteiger charge is 2.42. The van der Waals surface area contributed by atoms with E-state index in [-0.39, 0.29) is 85.3 Å². The van der Waals surface area contributed by atoms with Gasteiger partial charge in [0.15, 0.2) is 0 Å². The number of likely N-dealkylation sites (N-methyl/N-ethyl adjacent to an activating group) is 7. The molecular formula is C66H122N12O13. The van der Waals surface area contributed by atoms with Gasteiger partial charge >= 0.3 is 0 Å². The average molecular weight is 1290 g/mol. The predicted molar refractivity (Wildman–Crippen MR) is 353 cm³/mol. The second-order valence-corrected chi connectivity index (χ2v) is 27.5. The molecule has 12 amide bonds. The van der Waals surface area contributed by atoms with E-state index in [2.05, 4.69) is 31.9 Å². The molecule has 0 aromatic heterocycles. The van der Waals surface area contributed by atoms with Crippen LogP contribution in [0.25, 0.3) is 0 Å². The van der Waals surface area contributed by atoms with Gasteiger partial charge in [-0.15, -0.1) is 0 Å². The monoisotopic (exact) mass is 1290 g/mol. The molecule has 0 rings (SSSR count). The number of unbranched alkanes of at least 4 members (excludes halogenated alkanes) is 3. The third kappa shape index (κ3) is 29.0. The summed E-state index contributed by atoms with van der Waals surface area (Å²) in [6, 6.07) is -10.1. The first-order chi connectivity index (χ1) is 42.2. The van der Waals surface area contributed by atoms with Crippen molar-refractivity contribution in [1.29, 1.82) is 0 Å². The van der Waals surface area contributed by atoms with Crippen LogP contribution in [0.2, 0.25) is 0 Å². The Morgan fingerprint density at radius 2 is 0.835 bits per heavy atom. The summed E-state index contributed by atoms with van der Waals surface area (Å²) >= 11 is 0. The summed E-state index contributed by atoms with van der Waals surface area (Å²) in [5.41, 5.74) is 0. The number of hydrogen-bond acceptors (Lipinski definition) is 13. The van der Waals surface area contributed by atoms with Crippen molar-refractivity contribution in [2.75, 3.05) is 69.0 Å². The highest BCUT2D eigenvalue weighted by atomic mass is 16.3. The molecule has 0 heterocycles. The van der Waals surface area contributed by atoms with E-state index in [1.807, 2.05) is 76.2 Å². The summed E-state index contributed by atoms with van der Waals surface area (Å²) in [5.74, 6) is -7.19. The fraction of sp³-hybridized carbons (Fsp3) is 0.818. The lowest BCUT2D eigenvalue weighted by atomic mass is 9.93. The fourth-order valence-electron chi connectivity index (χ4n) is 10.8. The first-order valence-electron chi connectivity index (χ1n) is 33.1. The van der Waals surface area contributed by atoms with Gasteiger partial charge in [-0.1, -0.05) is 123 Å². The molecule has 10 atom stereocenters. The quantitative estimate of drug-likeness (QED) is 0.0430.